The van der Waals surface area contributed by atoms with Crippen LogP contribution >= 0.6 is 33.2 Å². The van der Waals surface area contributed by atoms with Crippen molar-refractivity contribution in [1.82, 2.24) is 0 Å². The molecule has 4 fully saturated rings. The van der Waals surface area contributed by atoms with Crippen LogP contribution in [0.4, 0.5) is 0 Å². The van der Waals surface area contributed by atoms with E-state index in [1.165, 1.54) is 19.3 Å². The lowest BCUT2D eigenvalue weighted by atomic mass is 9.56. The van der Waals surface area contributed by atoms with Crippen LogP contribution in [0.1, 0.15) is 38.5 Å². The van der Waals surface area contributed by atoms with Gasteiger partial charge in [0.05, 0.1) is 0 Å². The average Bonchev–Trinajstić information content (AvgIpc) is 1.79. The van der Waals surface area contributed by atoms with Crippen molar-refractivity contribution >= 4 is 33.2 Å². The maximum Gasteiger partial charge on any atom is -0.0142 e. The third kappa shape index (κ3) is 1.45. The van der Waals surface area contributed by atoms with E-state index in [2.05, 4.69) is 9.24 Å². The molecule has 0 aromatic heterocycles. The van der Waals surface area contributed by atoms with Crippen molar-refractivity contribution in [2.24, 2.45) is 17.8 Å². The van der Waals surface area contributed by atoms with Gasteiger partial charge in [-0.05, 0) is 61.4 Å². The molecule has 4 aliphatic rings. The minimum atomic E-state index is 0. The monoisotopic (exact) mass is 296 g/mol. The van der Waals surface area contributed by atoms with E-state index in [1.807, 2.05) is 0 Å². The smallest absolute Gasteiger partial charge is 0.0142 e. The quantitative estimate of drug-likeness (QED) is 0.474. The molecule has 0 amide bonds. The summed E-state index contributed by atoms with van der Waals surface area (Å²) in [5, 5.41) is 0.717. The highest BCUT2D eigenvalue weighted by Gasteiger charge is 2.48. The number of hydrogen-bond acceptors (Lipinski definition) is 0. The largest absolute Gasteiger partial charge is 0.131 e. The molecule has 1 atom stereocenters. The maximum atomic E-state index is 3.17. The van der Waals surface area contributed by atoms with Crippen LogP contribution < -0.4 is 0 Å². The molecule has 0 aromatic rings. The van der Waals surface area contributed by atoms with Gasteiger partial charge in [-0.2, -0.15) is 0 Å². The van der Waals surface area contributed by atoms with Crippen molar-refractivity contribution in [3.05, 3.63) is 0 Å². The van der Waals surface area contributed by atoms with Crippen molar-refractivity contribution in [3.8, 4) is 0 Å². The second-order valence-electron chi connectivity index (χ2n) is 5.28. The minimum Gasteiger partial charge on any atom is -0.131 e. The predicted molar refractivity (Wildman–Crippen MR) is 66.0 cm³/mol. The van der Waals surface area contributed by atoms with Gasteiger partial charge in [0.25, 0.3) is 0 Å². The Balaban J connectivity index is 0.000000563. The molecule has 0 saturated heterocycles. The van der Waals surface area contributed by atoms with E-state index < -0.39 is 0 Å². The first-order valence-electron chi connectivity index (χ1n) is 5.02. The molecule has 0 radical (unpaired) electrons. The highest BCUT2D eigenvalue weighted by atomic mass is 127. The molecular formula is C10H18IP. The normalized spacial score (nSPS) is 55.2. The van der Waals surface area contributed by atoms with Gasteiger partial charge < -0.3 is 0 Å². The van der Waals surface area contributed by atoms with Crippen molar-refractivity contribution in [3.63, 3.8) is 0 Å². The molecule has 0 heterocycles. The van der Waals surface area contributed by atoms with Gasteiger partial charge in [0.2, 0.25) is 0 Å². The lowest BCUT2D eigenvalue weighted by molar-refractivity contribution is 0.0379. The van der Waals surface area contributed by atoms with E-state index in [9.17, 15) is 0 Å². The Hall–Kier alpha value is 1.16. The Morgan fingerprint density at radius 2 is 1.17 bits per heavy atom. The van der Waals surface area contributed by atoms with Gasteiger partial charge >= 0.3 is 0 Å². The highest BCUT2D eigenvalue weighted by Crippen LogP contribution is 2.59. The zero-order chi connectivity index (χ0) is 7.47. The van der Waals surface area contributed by atoms with Gasteiger partial charge in [0, 0.05) is 0 Å². The molecule has 0 N–H and O–H groups in total. The third-order valence-electron chi connectivity index (χ3n) is 4.09. The first-order chi connectivity index (χ1) is 5.23. The first kappa shape index (κ1) is 9.71. The zero-order valence-electron chi connectivity index (χ0n) is 7.46. The molecule has 12 heavy (non-hydrogen) atoms. The number of halogens is 1. The van der Waals surface area contributed by atoms with E-state index in [0.717, 1.165) is 22.9 Å². The van der Waals surface area contributed by atoms with Crippen LogP contribution in [0.5, 0.6) is 0 Å². The van der Waals surface area contributed by atoms with Gasteiger partial charge in [0.1, 0.15) is 0 Å². The van der Waals surface area contributed by atoms with E-state index in [0.29, 0.717) is 0 Å². The summed E-state index contributed by atoms with van der Waals surface area (Å²) < 4.78 is 0. The minimum absolute atomic E-state index is 0. The fraction of sp³-hybridized carbons (Fsp3) is 1.00. The highest BCUT2D eigenvalue weighted by molar-refractivity contribution is 14.0. The lowest BCUT2D eigenvalue weighted by Gasteiger charge is -2.55. The van der Waals surface area contributed by atoms with Gasteiger partial charge in [-0.3, -0.25) is 0 Å². The molecule has 1 unspecified atom stereocenters. The molecule has 4 saturated carbocycles. The molecule has 4 aliphatic carbocycles. The topological polar surface area (TPSA) is 0 Å². The first-order valence-corrected chi connectivity index (χ1v) is 5.60. The van der Waals surface area contributed by atoms with Gasteiger partial charge in [0.15, 0.2) is 0 Å². The molecule has 70 valence electrons. The van der Waals surface area contributed by atoms with E-state index in [-0.39, 0.29) is 24.0 Å². The van der Waals surface area contributed by atoms with Crippen LogP contribution in [0.3, 0.4) is 0 Å². The Morgan fingerprint density at radius 3 is 1.42 bits per heavy atom. The molecule has 4 bridgehead atoms. The summed E-state index contributed by atoms with van der Waals surface area (Å²) in [4.78, 5) is 0. The Labute approximate surface area is 94.5 Å². The summed E-state index contributed by atoms with van der Waals surface area (Å²) in [7, 11) is 3.17. The maximum absolute atomic E-state index is 3.17. The fourth-order valence-corrected chi connectivity index (χ4v) is 5.18. The SMILES string of the molecule is I.PC12CC3CC(CC(C3)C1)C2. The Bertz CT molecular complexity index is 155. The van der Waals surface area contributed by atoms with Gasteiger partial charge in [-0.15, -0.1) is 33.2 Å². The molecule has 0 nitrogen and oxygen atoms in total. The number of rotatable bonds is 0. The summed E-state index contributed by atoms with van der Waals surface area (Å²) in [5.74, 6) is 3.37. The Morgan fingerprint density at radius 1 is 0.833 bits per heavy atom. The van der Waals surface area contributed by atoms with Crippen LogP contribution in [0.15, 0.2) is 0 Å². The summed E-state index contributed by atoms with van der Waals surface area (Å²) in [5.41, 5.74) is 0. The van der Waals surface area contributed by atoms with Gasteiger partial charge in [-0.25, -0.2) is 0 Å². The Kier molecular flexibility index (Phi) is 2.49. The van der Waals surface area contributed by atoms with Crippen molar-refractivity contribution in [2.45, 2.75) is 43.7 Å². The third-order valence-corrected chi connectivity index (χ3v) is 4.79. The van der Waals surface area contributed by atoms with Crippen LogP contribution in [-0.2, 0) is 0 Å². The van der Waals surface area contributed by atoms with Crippen LogP contribution in [0.25, 0.3) is 0 Å². The molecular weight excluding hydrogens is 278 g/mol. The molecule has 0 aliphatic heterocycles. The fourth-order valence-electron chi connectivity index (χ4n) is 4.18. The second-order valence-corrected chi connectivity index (χ2v) is 6.50. The summed E-state index contributed by atoms with van der Waals surface area (Å²) in [6, 6.07) is 0. The summed E-state index contributed by atoms with van der Waals surface area (Å²) in [6.45, 7) is 0. The van der Waals surface area contributed by atoms with Gasteiger partial charge in [-0.1, -0.05) is 0 Å². The molecule has 0 aromatic carbocycles. The molecule has 2 heteroatoms. The van der Waals surface area contributed by atoms with Crippen molar-refractivity contribution in [2.75, 3.05) is 0 Å². The van der Waals surface area contributed by atoms with Crippen LogP contribution in [0, 0.1) is 17.8 Å². The standard InChI is InChI=1S/C10H17P.HI/c11-10-4-7-1-8(5-10)3-9(2-7)6-10;/h7-9H,1-6,11H2;1H. The summed E-state index contributed by atoms with van der Waals surface area (Å²) >= 11 is 0. The molecule has 0 spiro atoms. The average molecular weight is 296 g/mol. The summed E-state index contributed by atoms with van der Waals surface area (Å²) in [6.07, 6.45) is 9.33. The number of hydrogen-bond donors (Lipinski definition) is 0. The van der Waals surface area contributed by atoms with Crippen molar-refractivity contribution in [1.29, 1.82) is 0 Å². The predicted octanol–water partition coefficient (Wildman–Crippen LogP) is 3.45. The van der Waals surface area contributed by atoms with E-state index >= 15 is 0 Å². The zero-order valence-corrected chi connectivity index (χ0v) is 10.9. The van der Waals surface area contributed by atoms with Crippen LogP contribution in [0.2, 0.25) is 0 Å². The van der Waals surface area contributed by atoms with E-state index in [1.54, 1.807) is 19.3 Å². The van der Waals surface area contributed by atoms with E-state index in [4.69, 9.17) is 0 Å². The second kappa shape index (κ2) is 3.08. The molecule has 4 rings (SSSR count). The lowest BCUT2D eigenvalue weighted by Crippen LogP contribution is -2.46. The van der Waals surface area contributed by atoms with Crippen molar-refractivity contribution < 1.29 is 0 Å². The van der Waals surface area contributed by atoms with Crippen LogP contribution in [-0.4, -0.2) is 5.16 Å².